The molecule has 1 fully saturated rings. The molecule has 1 aliphatic rings. The molecule has 0 aromatic carbocycles. The molecule has 1 saturated heterocycles. The van der Waals surface area contributed by atoms with Crippen molar-refractivity contribution < 1.29 is 4.79 Å². The van der Waals surface area contributed by atoms with Crippen molar-refractivity contribution in [2.24, 2.45) is 5.92 Å². The number of amides is 1. The zero-order valence-electron chi connectivity index (χ0n) is 11.2. The van der Waals surface area contributed by atoms with Gasteiger partial charge in [-0.1, -0.05) is 0 Å². The Labute approximate surface area is 122 Å². The van der Waals surface area contributed by atoms with E-state index in [0.717, 1.165) is 5.82 Å². The number of aryl methyl sites for hydroxylation is 1. The minimum Gasteiger partial charge on any atom is -0.296 e. The summed E-state index contributed by atoms with van der Waals surface area (Å²) in [6.45, 7) is 3.36. The maximum atomic E-state index is 12.0. The van der Waals surface area contributed by atoms with E-state index in [9.17, 15) is 4.79 Å². The highest BCUT2D eigenvalue weighted by Crippen LogP contribution is 2.26. The van der Waals surface area contributed by atoms with Crippen molar-refractivity contribution in [1.29, 1.82) is 0 Å². The Bertz CT molecular complexity index is 679. The number of carbonyl (C=O) groups excluding carboxylic acids is 1. The number of hydrogen-bond donors (Lipinski definition) is 0. The first-order valence-corrected chi connectivity index (χ1v) is 7.32. The van der Waals surface area contributed by atoms with Crippen molar-refractivity contribution in [3.63, 3.8) is 0 Å². The number of carbonyl (C=O) groups is 1. The van der Waals surface area contributed by atoms with Crippen LogP contribution in [-0.2, 0) is 11.3 Å². The summed E-state index contributed by atoms with van der Waals surface area (Å²) in [5.41, 5.74) is 0. The van der Waals surface area contributed by atoms with Crippen LogP contribution >= 0.6 is 11.3 Å². The first kappa shape index (κ1) is 12.9. The molecule has 1 amide bonds. The minimum absolute atomic E-state index is 0.00910. The normalized spacial score (nSPS) is 18.5. The summed E-state index contributed by atoms with van der Waals surface area (Å²) in [6.07, 6.45) is 7.59. The largest absolute Gasteiger partial charge is 0.296 e. The van der Waals surface area contributed by atoms with E-state index in [1.807, 2.05) is 10.7 Å². The molecule has 0 N–H and O–H groups in total. The maximum absolute atomic E-state index is 12.0. The third-order valence-corrected chi connectivity index (χ3v) is 4.42. The van der Waals surface area contributed by atoms with Gasteiger partial charge in [-0.05, 0) is 19.1 Å². The zero-order chi connectivity index (χ0) is 14.1. The summed E-state index contributed by atoms with van der Waals surface area (Å²) in [4.78, 5) is 16.3. The standard InChI is InChI=1S/C15H15N3OS/c1-3-12-8-15(19)17(9-12)14-6-7-16-18(14)10-13-5-4-11(2)20-13/h1,4-7,12H,8-10H2,2H3. The maximum Gasteiger partial charge on any atom is 0.229 e. The second kappa shape index (κ2) is 5.14. The average molecular weight is 285 g/mol. The third kappa shape index (κ3) is 2.35. The highest BCUT2D eigenvalue weighted by Gasteiger charge is 2.31. The van der Waals surface area contributed by atoms with Crippen LogP contribution in [0.4, 0.5) is 5.82 Å². The molecule has 0 radical (unpaired) electrons. The highest BCUT2D eigenvalue weighted by molar-refractivity contribution is 7.11. The molecule has 1 atom stereocenters. The zero-order valence-corrected chi connectivity index (χ0v) is 12.1. The van der Waals surface area contributed by atoms with E-state index >= 15 is 0 Å². The van der Waals surface area contributed by atoms with E-state index in [1.54, 1.807) is 22.4 Å². The first-order valence-electron chi connectivity index (χ1n) is 6.51. The molecule has 0 aliphatic carbocycles. The molecule has 5 heteroatoms. The molecule has 2 aromatic heterocycles. The van der Waals surface area contributed by atoms with Gasteiger partial charge in [-0.25, -0.2) is 4.68 Å². The van der Waals surface area contributed by atoms with E-state index in [4.69, 9.17) is 6.42 Å². The van der Waals surface area contributed by atoms with Crippen LogP contribution in [-0.4, -0.2) is 22.2 Å². The summed E-state index contributed by atoms with van der Waals surface area (Å²) in [5, 5.41) is 4.33. The summed E-state index contributed by atoms with van der Waals surface area (Å²) in [7, 11) is 0. The fourth-order valence-corrected chi connectivity index (χ4v) is 3.31. The molecule has 0 saturated carbocycles. The van der Waals surface area contributed by atoms with Crippen molar-refractivity contribution >= 4 is 23.1 Å². The van der Waals surface area contributed by atoms with Gasteiger partial charge < -0.3 is 0 Å². The van der Waals surface area contributed by atoms with Crippen molar-refractivity contribution in [1.82, 2.24) is 9.78 Å². The molecular weight excluding hydrogens is 270 g/mol. The number of terminal acetylenes is 1. The van der Waals surface area contributed by atoms with Gasteiger partial charge in [0.15, 0.2) is 0 Å². The van der Waals surface area contributed by atoms with Gasteiger partial charge in [0, 0.05) is 34.7 Å². The molecule has 1 unspecified atom stereocenters. The molecule has 0 spiro atoms. The van der Waals surface area contributed by atoms with Gasteiger partial charge in [-0.15, -0.1) is 23.7 Å². The Hall–Kier alpha value is -2.06. The lowest BCUT2D eigenvalue weighted by atomic mass is 10.1. The summed E-state index contributed by atoms with van der Waals surface area (Å²) in [6, 6.07) is 6.07. The first-order chi connectivity index (χ1) is 9.67. The number of nitrogens with zero attached hydrogens (tertiary/aromatic N) is 3. The van der Waals surface area contributed by atoms with Crippen LogP contribution in [0.15, 0.2) is 24.4 Å². The van der Waals surface area contributed by atoms with Crippen molar-refractivity contribution in [3.8, 4) is 12.3 Å². The van der Waals surface area contributed by atoms with Gasteiger partial charge in [-0.3, -0.25) is 9.69 Å². The molecule has 102 valence electrons. The van der Waals surface area contributed by atoms with Gasteiger partial charge >= 0.3 is 0 Å². The SMILES string of the molecule is C#CC1CC(=O)N(c2ccnn2Cc2ccc(C)s2)C1. The molecule has 2 aromatic rings. The second-order valence-electron chi connectivity index (χ2n) is 4.93. The predicted octanol–water partition coefficient (Wildman–Crippen LogP) is 2.29. The van der Waals surface area contributed by atoms with Gasteiger partial charge in [0.05, 0.1) is 12.7 Å². The Balaban J connectivity index is 1.84. The van der Waals surface area contributed by atoms with Crippen LogP contribution < -0.4 is 4.90 Å². The lowest BCUT2D eigenvalue weighted by Gasteiger charge is -2.17. The average Bonchev–Trinajstić information content (AvgIpc) is 3.11. The number of hydrogen-bond acceptors (Lipinski definition) is 3. The van der Waals surface area contributed by atoms with E-state index in [0.29, 0.717) is 19.5 Å². The van der Waals surface area contributed by atoms with E-state index in [2.05, 4.69) is 30.1 Å². The molecule has 0 bridgehead atoms. The van der Waals surface area contributed by atoms with Crippen LogP contribution in [0.2, 0.25) is 0 Å². The Morgan fingerprint density at radius 2 is 2.35 bits per heavy atom. The van der Waals surface area contributed by atoms with Crippen LogP contribution in [0.1, 0.15) is 16.2 Å². The fraction of sp³-hybridized carbons (Fsp3) is 0.333. The van der Waals surface area contributed by atoms with E-state index < -0.39 is 0 Å². The topological polar surface area (TPSA) is 38.1 Å². The van der Waals surface area contributed by atoms with Crippen molar-refractivity contribution in [2.45, 2.75) is 19.9 Å². The molecule has 4 nitrogen and oxygen atoms in total. The van der Waals surface area contributed by atoms with Gasteiger partial charge in [-0.2, -0.15) is 5.10 Å². The summed E-state index contributed by atoms with van der Waals surface area (Å²) < 4.78 is 1.86. The van der Waals surface area contributed by atoms with Crippen molar-refractivity contribution in [3.05, 3.63) is 34.2 Å². The Morgan fingerprint density at radius 1 is 1.50 bits per heavy atom. The van der Waals surface area contributed by atoms with Gasteiger partial charge in [0.2, 0.25) is 5.91 Å². The molecule has 3 heterocycles. The smallest absolute Gasteiger partial charge is 0.229 e. The minimum atomic E-state index is 0.00910. The summed E-state index contributed by atoms with van der Waals surface area (Å²) in [5.74, 6) is 3.59. The van der Waals surface area contributed by atoms with Crippen LogP contribution in [0.5, 0.6) is 0 Å². The molecule has 1 aliphatic heterocycles. The highest BCUT2D eigenvalue weighted by atomic mass is 32.1. The lowest BCUT2D eigenvalue weighted by Crippen LogP contribution is -2.27. The predicted molar refractivity (Wildman–Crippen MR) is 79.7 cm³/mol. The second-order valence-corrected chi connectivity index (χ2v) is 6.30. The third-order valence-electron chi connectivity index (χ3n) is 3.43. The quantitative estimate of drug-likeness (QED) is 0.812. The molecule has 20 heavy (non-hydrogen) atoms. The van der Waals surface area contributed by atoms with Crippen LogP contribution in [0, 0.1) is 25.2 Å². The number of anilines is 1. The number of thiophene rings is 1. The van der Waals surface area contributed by atoms with Crippen LogP contribution in [0.25, 0.3) is 0 Å². The monoisotopic (exact) mass is 285 g/mol. The summed E-state index contributed by atoms with van der Waals surface area (Å²) >= 11 is 1.75. The Kier molecular flexibility index (Phi) is 3.33. The number of rotatable bonds is 3. The Morgan fingerprint density at radius 3 is 3.00 bits per heavy atom. The fourth-order valence-electron chi connectivity index (χ4n) is 2.44. The van der Waals surface area contributed by atoms with Gasteiger partial charge in [0.1, 0.15) is 5.82 Å². The number of aromatic nitrogens is 2. The van der Waals surface area contributed by atoms with Gasteiger partial charge in [0.25, 0.3) is 0 Å². The molecular formula is C15H15N3OS. The van der Waals surface area contributed by atoms with E-state index in [-0.39, 0.29) is 11.8 Å². The van der Waals surface area contributed by atoms with E-state index in [1.165, 1.54) is 9.75 Å². The lowest BCUT2D eigenvalue weighted by molar-refractivity contribution is -0.117. The van der Waals surface area contributed by atoms with Crippen LogP contribution in [0.3, 0.4) is 0 Å². The van der Waals surface area contributed by atoms with Crippen molar-refractivity contribution in [2.75, 3.05) is 11.4 Å². The molecule has 3 rings (SSSR count).